The van der Waals surface area contributed by atoms with Gasteiger partial charge in [-0.1, -0.05) is 31.2 Å². The van der Waals surface area contributed by atoms with Gasteiger partial charge in [0.25, 0.3) is 0 Å². The SMILES string of the molecule is CCOC(=O)C1=C(C)NC(CNC)=C(C(=O)OCC)C1c1ccccc1/C=C(\CC)C(=O)OCC. The number of rotatable bonds is 11. The zero-order valence-corrected chi connectivity index (χ0v) is 21.4. The topological polar surface area (TPSA) is 103 Å². The van der Waals surface area contributed by atoms with Crippen LogP contribution in [-0.2, 0) is 28.6 Å². The Morgan fingerprint density at radius 1 is 0.943 bits per heavy atom. The minimum absolute atomic E-state index is 0.184. The average Bonchev–Trinajstić information content (AvgIpc) is 2.82. The Hall–Kier alpha value is -3.39. The lowest BCUT2D eigenvalue weighted by atomic mass is 9.78. The molecule has 1 aromatic carbocycles. The molecule has 0 spiro atoms. The summed E-state index contributed by atoms with van der Waals surface area (Å²) in [5.41, 5.74) is 3.72. The lowest BCUT2D eigenvalue weighted by Gasteiger charge is -2.32. The number of benzene rings is 1. The molecule has 8 heteroatoms. The number of hydrogen-bond donors (Lipinski definition) is 2. The summed E-state index contributed by atoms with van der Waals surface area (Å²) in [6.45, 7) is 9.88. The zero-order chi connectivity index (χ0) is 26.0. The molecule has 0 radical (unpaired) electrons. The first kappa shape index (κ1) is 27.9. The number of esters is 3. The van der Waals surface area contributed by atoms with Crippen LogP contribution in [0, 0.1) is 0 Å². The van der Waals surface area contributed by atoms with E-state index < -0.39 is 23.8 Å². The van der Waals surface area contributed by atoms with Gasteiger partial charge in [0, 0.05) is 23.5 Å². The molecule has 35 heavy (non-hydrogen) atoms. The van der Waals surface area contributed by atoms with Crippen LogP contribution in [0.4, 0.5) is 0 Å². The molecule has 1 atom stereocenters. The van der Waals surface area contributed by atoms with Gasteiger partial charge in [0.15, 0.2) is 0 Å². The van der Waals surface area contributed by atoms with E-state index in [2.05, 4.69) is 10.6 Å². The molecule has 1 aliphatic heterocycles. The molecule has 8 nitrogen and oxygen atoms in total. The first-order valence-corrected chi connectivity index (χ1v) is 12.0. The summed E-state index contributed by atoms with van der Waals surface area (Å²) in [5, 5.41) is 6.28. The van der Waals surface area contributed by atoms with Crippen LogP contribution in [0.2, 0.25) is 0 Å². The molecular weight excluding hydrogens is 448 g/mol. The molecule has 1 heterocycles. The van der Waals surface area contributed by atoms with Crippen molar-refractivity contribution in [3.63, 3.8) is 0 Å². The molecule has 1 unspecified atom stereocenters. The number of nitrogens with one attached hydrogen (secondary N) is 2. The van der Waals surface area contributed by atoms with Crippen LogP contribution in [0.5, 0.6) is 0 Å². The molecule has 0 saturated carbocycles. The number of dihydropyridines is 1. The lowest BCUT2D eigenvalue weighted by molar-refractivity contribution is -0.140. The van der Waals surface area contributed by atoms with Crippen LogP contribution in [0.25, 0.3) is 6.08 Å². The quantitative estimate of drug-likeness (QED) is 0.279. The second-order valence-corrected chi connectivity index (χ2v) is 7.83. The summed E-state index contributed by atoms with van der Waals surface area (Å²) < 4.78 is 16.0. The number of likely N-dealkylation sites (N-methyl/N-ethyl adjacent to an activating group) is 1. The molecule has 1 aliphatic rings. The molecule has 1 aromatic rings. The van der Waals surface area contributed by atoms with E-state index in [1.165, 1.54) is 0 Å². The van der Waals surface area contributed by atoms with Gasteiger partial charge in [-0.3, -0.25) is 0 Å². The van der Waals surface area contributed by atoms with Gasteiger partial charge in [0.1, 0.15) is 0 Å². The van der Waals surface area contributed by atoms with Gasteiger partial charge in [0.05, 0.1) is 36.9 Å². The molecule has 0 aliphatic carbocycles. The molecule has 0 fully saturated rings. The van der Waals surface area contributed by atoms with Crippen LogP contribution >= 0.6 is 0 Å². The van der Waals surface area contributed by atoms with E-state index in [4.69, 9.17) is 14.2 Å². The van der Waals surface area contributed by atoms with Crippen molar-refractivity contribution in [2.45, 2.75) is 47.0 Å². The standard InChI is InChI=1S/C27H36N2O6/c1-7-18(25(30)33-8-2)15-19-13-11-12-14-20(19)23-22(26(31)34-9-3)17(5)29-21(16-28-6)24(23)27(32)35-10-4/h11-15,23,28-29H,7-10,16H2,1-6H3/b18-15+. The number of hydrogen-bond acceptors (Lipinski definition) is 8. The summed E-state index contributed by atoms with van der Waals surface area (Å²) in [5.74, 6) is -2.20. The Kier molecular flexibility index (Phi) is 10.7. The van der Waals surface area contributed by atoms with Gasteiger partial charge in [-0.15, -0.1) is 0 Å². The van der Waals surface area contributed by atoms with Crippen molar-refractivity contribution in [2.75, 3.05) is 33.4 Å². The smallest absolute Gasteiger partial charge is 0.336 e. The van der Waals surface area contributed by atoms with Gasteiger partial charge >= 0.3 is 17.9 Å². The molecule has 0 bridgehead atoms. The van der Waals surface area contributed by atoms with Crippen LogP contribution in [0.3, 0.4) is 0 Å². The van der Waals surface area contributed by atoms with Crippen molar-refractivity contribution in [3.05, 3.63) is 63.5 Å². The highest BCUT2D eigenvalue weighted by atomic mass is 16.5. The van der Waals surface area contributed by atoms with Gasteiger partial charge in [-0.05, 0) is 58.4 Å². The third-order valence-electron chi connectivity index (χ3n) is 5.54. The van der Waals surface area contributed by atoms with Gasteiger partial charge in [-0.2, -0.15) is 0 Å². The van der Waals surface area contributed by atoms with Crippen molar-refractivity contribution in [2.24, 2.45) is 0 Å². The van der Waals surface area contributed by atoms with Gasteiger partial charge < -0.3 is 24.8 Å². The summed E-state index contributed by atoms with van der Waals surface area (Å²) >= 11 is 0. The predicted molar refractivity (Wildman–Crippen MR) is 134 cm³/mol. The minimum Gasteiger partial charge on any atom is -0.463 e. The summed E-state index contributed by atoms with van der Waals surface area (Å²) in [6, 6.07) is 7.38. The predicted octanol–water partition coefficient (Wildman–Crippen LogP) is 3.60. The fraction of sp³-hybridized carbons (Fsp3) is 0.444. The van der Waals surface area contributed by atoms with Crippen LogP contribution in [0.15, 0.2) is 52.4 Å². The summed E-state index contributed by atoms with van der Waals surface area (Å²) in [6.07, 6.45) is 2.22. The summed E-state index contributed by atoms with van der Waals surface area (Å²) in [4.78, 5) is 38.9. The fourth-order valence-corrected chi connectivity index (χ4v) is 4.08. The van der Waals surface area contributed by atoms with Crippen molar-refractivity contribution < 1.29 is 28.6 Å². The lowest BCUT2D eigenvalue weighted by Crippen LogP contribution is -2.36. The highest BCUT2D eigenvalue weighted by Gasteiger charge is 2.39. The van der Waals surface area contributed by atoms with E-state index >= 15 is 0 Å². The third kappa shape index (κ3) is 6.60. The molecule has 0 saturated heterocycles. The Bertz CT molecular complexity index is 1040. The Morgan fingerprint density at radius 2 is 1.54 bits per heavy atom. The third-order valence-corrected chi connectivity index (χ3v) is 5.54. The molecule has 0 aromatic heterocycles. The number of carbonyl (C=O) groups excluding carboxylic acids is 3. The van der Waals surface area contributed by atoms with E-state index in [0.717, 1.165) is 0 Å². The van der Waals surface area contributed by atoms with Crippen LogP contribution in [-0.4, -0.2) is 51.3 Å². The monoisotopic (exact) mass is 484 g/mol. The molecule has 2 N–H and O–H groups in total. The Labute approximate surface area is 207 Å². The molecule has 2 rings (SSSR count). The molecule has 190 valence electrons. The number of ether oxygens (including phenoxy) is 3. The van der Waals surface area contributed by atoms with Crippen LogP contribution in [0.1, 0.15) is 58.1 Å². The molecule has 0 amide bonds. The maximum absolute atomic E-state index is 13.3. The van der Waals surface area contributed by atoms with E-state index in [-0.39, 0.29) is 19.8 Å². The minimum atomic E-state index is -0.759. The zero-order valence-electron chi connectivity index (χ0n) is 21.4. The van der Waals surface area contributed by atoms with E-state index in [9.17, 15) is 14.4 Å². The van der Waals surface area contributed by atoms with Crippen molar-refractivity contribution in [1.29, 1.82) is 0 Å². The first-order valence-electron chi connectivity index (χ1n) is 12.0. The van der Waals surface area contributed by atoms with Gasteiger partial charge in [-0.25, -0.2) is 14.4 Å². The number of carbonyl (C=O) groups is 3. The highest BCUT2D eigenvalue weighted by Crippen LogP contribution is 2.41. The second-order valence-electron chi connectivity index (χ2n) is 7.83. The number of allylic oxidation sites excluding steroid dienone is 1. The second kappa shape index (κ2) is 13.5. The normalized spacial score (nSPS) is 16.1. The fourth-order valence-electron chi connectivity index (χ4n) is 4.08. The summed E-state index contributed by atoms with van der Waals surface area (Å²) in [7, 11) is 1.77. The van der Waals surface area contributed by atoms with Crippen molar-refractivity contribution in [1.82, 2.24) is 10.6 Å². The van der Waals surface area contributed by atoms with E-state index in [1.807, 2.05) is 31.2 Å². The largest absolute Gasteiger partial charge is 0.463 e. The van der Waals surface area contributed by atoms with Crippen LogP contribution < -0.4 is 10.6 Å². The van der Waals surface area contributed by atoms with Crippen molar-refractivity contribution in [3.8, 4) is 0 Å². The van der Waals surface area contributed by atoms with Gasteiger partial charge in [0.2, 0.25) is 0 Å². The highest BCUT2D eigenvalue weighted by molar-refractivity contribution is 6.01. The Balaban J connectivity index is 2.84. The van der Waals surface area contributed by atoms with E-state index in [0.29, 0.717) is 52.2 Å². The van der Waals surface area contributed by atoms with Crippen molar-refractivity contribution >= 4 is 24.0 Å². The average molecular weight is 485 g/mol. The van der Waals surface area contributed by atoms with E-state index in [1.54, 1.807) is 40.8 Å². The Morgan fingerprint density at radius 3 is 2.11 bits per heavy atom. The maximum Gasteiger partial charge on any atom is 0.336 e. The molecular formula is C27H36N2O6. The first-order chi connectivity index (χ1) is 16.8. The maximum atomic E-state index is 13.3.